The smallest absolute Gasteiger partial charge is 0.0279 e. The molecule has 0 heteroatoms. The Morgan fingerprint density at radius 2 is 1.50 bits per heavy atom. The van der Waals surface area contributed by atoms with E-state index in [1.807, 2.05) is 0 Å². The van der Waals surface area contributed by atoms with Gasteiger partial charge in [-0.3, -0.25) is 0 Å². The average molecular weight is 190 g/mol. The molecule has 0 spiro atoms. The Morgan fingerprint density at radius 3 is 2.14 bits per heavy atom. The zero-order chi connectivity index (χ0) is 10.2. The summed E-state index contributed by atoms with van der Waals surface area (Å²) in [7, 11) is 0. The highest BCUT2D eigenvalue weighted by atomic mass is 14.0. The van der Waals surface area contributed by atoms with Crippen molar-refractivity contribution in [1.82, 2.24) is 0 Å². The molecule has 0 aliphatic carbocycles. The van der Waals surface area contributed by atoms with E-state index in [4.69, 9.17) is 0 Å². The lowest BCUT2D eigenvalue weighted by molar-refractivity contribution is 0.632. The van der Waals surface area contributed by atoms with Gasteiger partial charge in [0.1, 0.15) is 0 Å². The molecule has 78 valence electrons. The Kier molecular flexibility index (Phi) is 5.36. The van der Waals surface area contributed by atoms with Gasteiger partial charge in [-0.1, -0.05) is 62.4 Å². The molecule has 0 bridgehead atoms. The van der Waals surface area contributed by atoms with Gasteiger partial charge in [0, 0.05) is 0 Å². The van der Waals surface area contributed by atoms with E-state index in [2.05, 4.69) is 38.1 Å². The number of rotatable bonds is 6. The molecule has 0 amide bonds. The van der Waals surface area contributed by atoms with Gasteiger partial charge in [0.2, 0.25) is 0 Å². The minimum atomic E-state index is 1.25. The predicted octanol–water partition coefficient (Wildman–Crippen LogP) is 4.51. The van der Waals surface area contributed by atoms with Gasteiger partial charge in [0.25, 0.3) is 0 Å². The number of benzene rings is 1. The van der Waals surface area contributed by atoms with Gasteiger partial charge in [0.15, 0.2) is 0 Å². The second-order valence-corrected chi connectivity index (χ2v) is 4.15. The normalized spacial score (nSPS) is 10.4. The third-order valence-electron chi connectivity index (χ3n) is 2.69. The Morgan fingerprint density at radius 1 is 0.857 bits per heavy atom. The maximum absolute atomic E-state index is 2.26. The SMILES string of the molecule is CCCCCCCc1ccc(C)cc1. The topological polar surface area (TPSA) is 0 Å². The minimum Gasteiger partial charge on any atom is -0.0654 e. The lowest BCUT2D eigenvalue weighted by atomic mass is 10.0. The van der Waals surface area contributed by atoms with Crippen molar-refractivity contribution in [3.63, 3.8) is 0 Å². The van der Waals surface area contributed by atoms with E-state index >= 15 is 0 Å². The standard InChI is InChI=1S/C14H22/c1-3-4-5-6-7-8-14-11-9-13(2)10-12-14/h9-12H,3-8H2,1-2H3. The molecule has 0 aliphatic heterocycles. The molecule has 0 atom stereocenters. The first kappa shape index (κ1) is 11.3. The van der Waals surface area contributed by atoms with Crippen molar-refractivity contribution >= 4 is 0 Å². The number of aryl methyl sites for hydroxylation is 2. The molecule has 14 heavy (non-hydrogen) atoms. The van der Waals surface area contributed by atoms with E-state index in [1.54, 1.807) is 0 Å². The first-order valence-corrected chi connectivity index (χ1v) is 5.88. The van der Waals surface area contributed by atoms with E-state index in [9.17, 15) is 0 Å². The zero-order valence-electron chi connectivity index (χ0n) is 9.55. The molecule has 0 radical (unpaired) electrons. The largest absolute Gasteiger partial charge is 0.0654 e. The maximum atomic E-state index is 2.26. The van der Waals surface area contributed by atoms with Crippen molar-refractivity contribution in [2.75, 3.05) is 0 Å². The van der Waals surface area contributed by atoms with E-state index in [0.29, 0.717) is 0 Å². The van der Waals surface area contributed by atoms with Crippen LogP contribution in [0.1, 0.15) is 50.2 Å². The molecule has 1 aromatic carbocycles. The molecular weight excluding hydrogens is 168 g/mol. The Bertz CT molecular complexity index is 233. The van der Waals surface area contributed by atoms with Crippen molar-refractivity contribution in [3.05, 3.63) is 35.4 Å². The molecule has 0 unspecified atom stereocenters. The van der Waals surface area contributed by atoms with Crippen LogP contribution in [-0.2, 0) is 6.42 Å². The highest BCUT2D eigenvalue weighted by Gasteiger charge is 1.93. The van der Waals surface area contributed by atoms with Crippen molar-refractivity contribution in [2.24, 2.45) is 0 Å². The van der Waals surface area contributed by atoms with Gasteiger partial charge in [-0.2, -0.15) is 0 Å². The highest BCUT2D eigenvalue weighted by Crippen LogP contribution is 2.09. The number of unbranched alkanes of at least 4 members (excludes halogenated alkanes) is 4. The molecule has 0 N–H and O–H groups in total. The van der Waals surface area contributed by atoms with Crippen molar-refractivity contribution in [2.45, 2.75) is 52.4 Å². The summed E-state index contributed by atoms with van der Waals surface area (Å²) >= 11 is 0. The fraction of sp³-hybridized carbons (Fsp3) is 0.571. The van der Waals surface area contributed by atoms with E-state index in [1.165, 1.54) is 49.7 Å². The number of hydrogen-bond acceptors (Lipinski definition) is 0. The van der Waals surface area contributed by atoms with Crippen LogP contribution in [0, 0.1) is 6.92 Å². The summed E-state index contributed by atoms with van der Waals surface area (Å²) in [5.74, 6) is 0. The quantitative estimate of drug-likeness (QED) is 0.579. The van der Waals surface area contributed by atoms with Gasteiger partial charge in [0.05, 0.1) is 0 Å². The van der Waals surface area contributed by atoms with Crippen LogP contribution in [-0.4, -0.2) is 0 Å². The Labute approximate surface area is 88.4 Å². The maximum Gasteiger partial charge on any atom is -0.0279 e. The van der Waals surface area contributed by atoms with E-state index in [0.717, 1.165) is 0 Å². The van der Waals surface area contributed by atoms with Crippen molar-refractivity contribution < 1.29 is 0 Å². The van der Waals surface area contributed by atoms with Crippen LogP contribution in [0.15, 0.2) is 24.3 Å². The molecule has 0 heterocycles. The van der Waals surface area contributed by atoms with Gasteiger partial charge < -0.3 is 0 Å². The molecule has 1 rings (SSSR count). The highest BCUT2D eigenvalue weighted by molar-refractivity contribution is 5.21. The Balaban J connectivity index is 2.15. The molecule has 0 nitrogen and oxygen atoms in total. The second kappa shape index (κ2) is 6.64. The van der Waals surface area contributed by atoms with Crippen LogP contribution in [0.5, 0.6) is 0 Å². The summed E-state index contributed by atoms with van der Waals surface area (Å²) in [5, 5.41) is 0. The van der Waals surface area contributed by atoms with Gasteiger partial charge in [-0.25, -0.2) is 0 Å². The van der Waals surface area contributed by atoms with Crippen LogP contribution in [0.2, 0.25) is 0 Å². The summed E-state index contributed by atoms with van der Waals surface area (Å²) < 4.78 is 0. The lowest BCUT2D eigenvalue weighted by Gasteiger charge is -2.01. The van der Waals surface area contributed by atoms with Crippen LogP contribution in [0.4, 0.5) is 0 Å². The van der Waals surface area contributed by atoms with Gasteiger partial charge in [-0.05, 0) is 25.3 Å². The number of hydrogen-bond donors (Lipinski definition) is 0. The van der Waals surface area contributed by atoms with Crippen LogP contribution in [0.3, 0.4) is 0 Å². The summed E-state index contributed by atoms with van der Waals surface area (Å²) in [4.78, 5) is 0. The lowest BCUT2D eigenvalue weighted by Crippen LogP contribution is -1.86. The molecule has 1 aromatic rings. The summed E-state index contributed by atoms with van der Waals surface area (Å²) in [6.07, 6.45) is 8.13. The first-order chi connectivity index (χ1) is 6.83. The molecule has 0 aliphatic rings. The van der Waals surface area contributed by atoms with Crippen LogP contribution < -0.4 is 0 Å². The van der Waals surface area contributed by atoms with Gasteiger partial charge in [-0.15, -0.1) is 0 Å². The van der Waals surface area contributed by atoms with E-state index in [-0.39, 0.29) is 0 Å². The predicted molar refractivity (Wildman–Crippen MR) is 63.6 cm³/mol. The first-order valence-electron chi connectivity index (χ1n) is 5.88. The minimum absolute atomic E-state index is 1.25. The van der Waals surface area contributed by atoms with Crippen LogP contribution in [0.25, 0.3) is 0 Å². The second-order valence-electron chi connectivity index (χ2n) is 4.15. The molecular formula is C14H22. The summed E-state index contributed by atoms with van der Waals surface area (Å²) in [6.45, 7) is 4.41. The monoisotopic (exact) mass is 190 g/mol. The zero-order valence-corrected chi connectivity index (χ0v) is 9.55. The van der Waals surface area contributed by atoms with Crippen LogP contribution >= 0.6 is 0 Å². The van der Waals surface area contributed by atoms with E-state index < -0.39 is 0 Å². The average Bonchev–Trinajstić information content (AvgIpc) is 2.21. The summed E-state index contributed by atoms with van der Waals surface area (Å²) in [5.41, 5.74) is 2.85. The Hall–Kier alpha value is -0.780. The fourth-order valence-corrected chi connectivity index (χ4v) is 1.69. The third-order valence-corrected chi connectivity index (χ3v) is 2.69. The third kappa shape index (κ3) is 4.45. The fourth-order valence-electron chi connectivity index (χ4n) is 1.69. The molecule has 0 saturated carbocycles. The molecule has 0 saturated heterocycles. The molecule has 0 aromatic heterocycles. The van der Waals surface area contributed by atoms with Crippen molar-refractivity contribution in [3.8, 4) is 0 Å². The summed E-state index contributed by atoms with van der Waals surface area (Å²) in [6, 6.07) is 8.94. The van der Waals surface area contributed by atoms with Crippen molar-refractivity contribution in [1.29, 1.82) is 0 Å². The molecule has 0 fully saturated rings. The van der Waals surface area contributed by atoms with Gasteiger partial charge >= 0.3 is 0 Å².